The smallest absolute Gasteiger partial charge is 0.414 e. The lowest BCUT2D eigenvalue weighted by Gasteiger charge is -2.24. The van der Waals surface area contributed by atoms with E-state index in [0.29, 0.717) is 37.4 Å². The zero-order valence-electron chi connectivity index (χ0n) is 18.5. The van der Waals surface area contributed by atoms with Gasteiger partial charge in [0.2, 0.25) is 5.91 Å². The number of hydroxylamine groups is 2. The van der Waals surface area contributed by atoms with Gasteiger partial charge in [-0.3, -0.25) is 23.7 Å². The van der Waals surface area contributed by atoms with E-state index in [2.05, 4.69) is 10.6 Å². The van der Waals surface area contributed by atoms with Gasteiger partial charge in [-0.1, -0.05) is 0 Å². The van der Waals surface area contributed by atoms with Crippen molar-refractivity contribution in [2.75, 3.05) is 68.9 Å². The lowest BCUT2D eigenvalue weighted by atomic mass is 10.2. The van der Waals surface area contributed by atoms with Crippen molar-refractivity contribution in [1.82, 2.24) is 15.7 Å². The first kappa shape index (κ1) is 24.6. The Morgan fingerprint density at radius 1 is 1.24 bits per heavy atom. The molecule has 2 saturated heterocycles. The van der Waals surface area contributed by atoms with Crippen LogP contribution in [0.1, 0.15) is 13.3 Å². The maximum Gasteiger partial charge on any atom is 0.414 e. The molecule has 10 nitrogen and oxygen atoms in total. The van der Waals surface area contributed by atoms with E-state index in [4.69, 9.17) is 9.57 Å². The molecule has 1 atom stereocenters. The molecular formula is C21H29F2N5O5. The van der Waals surface area contributed by atoms with Gasteiger partial charge in [0.05, 0.1) is 50.8 Å². The van der Waals surface area contributed by atoms with Crippen LogP contribution in [0.15, 0.2) is 18.2 Å². The lowest BCUT2D eigenvalue weighted by Crippen LogP contribution is -2.40. The number of nitrogens with one attached hydrogen (secondary N) is 2. The van der Waals surface area contributed by atoms with Gasteiger partial charge in [-0.25, -0.2) is 14.2 Å². The molecule has 2 aliphatic rings. The molecule has 0 saturated carbocycles. The standard InChI is InChI=1S/C21H29F2N5O5/c1-15(29)25-12-17-14-27(21(31)33-17)16-3-4-19(18(23)11-16)26-7-8-28(32-10-9-26)20(30)13-24-6-2-5-22/h3-4,11,17,24H,2,5-10,12-14H2,1H3,(H,25,29)/t17-/m0/s1. The number of rotatable bonds is 9. The Balaban J connectivity index is 1.57. The van der Waals surface area contributed by atoms with Gasteiger partial charge >= 0.3 is 6.09 Å². The Bertz CT molecular complexity index is 858. The number of alkyl halides is 1. The van der Waals surface area contributed by atoms with Gasteiger partial charge in [0.1, 0.15) is 11.9 Å². The molecule has 1 aromatic rings. The number of amides is 3. The number of nitrogens with zero attached hydrogens (tertiary/aromatic N) is 3. The van der Waals surface area contributed by atoms with E-state index >= 15 is 0 Å². The minimum atomic E-state index is -0.602. The predicted octanol–water partition coefficient (Wildman–Crippen LogP) is 0.816. The van der Waals surface area contributed by atoms with E-state index in [0.717, 1.165) is 0 Å². The average Bonchev–Trinajstić information content (AvgIpc) is 2.99. The van der Waals surface area contributed by atoms with Crippen molar-refractivity contribution in [2.45, 2.75) is 19.4 Å². The normalized spacial score (nSPS) is 18.8. The molecule has 0 radical (unpaired) electrons. The fourth-order valence-electron chi connectivity index (χ4n) is 3.58. The van der Waals surface area contributed by atoms with Gasteiger partial charge in [-0.05, 0) is 31.2 Å². The third kappa shape index (κ3) is 6.75. The van der Waals surface area contributed by atoms with Crippen LogP contribution < -0.4 is 20.4 Å². The molecule has 0 bridgehead atoms. The van der Waals surface area contributed by atoms with Crippen molar-refractivity contribution < 1.29 is 32.7 Å². The molecule has 33 heavy (non-hydrogen) atoms. The van der Waals surface area contributed by atoms with Crippen LogP contribution in [0.2, 0.25) is 0 Å². The van der Waals surface area contributed by atoms with Crippen LogP contribution in [0.25, 0.3) is 0 Å². The van der Waals surface area contributed by atoms with Gasteiger partial charge in [0, 0.05) is 20.0 Å². The molecule has 0 spiro atoms. The van der Waals surface area contributed by atoms with Gasteiger partial charge in [0.25, 0.3) is 5.91 Å². The maximum atomic E-state index is 15.0. The topological polar surface area (TPSA) is 103 Å². The Labute approximate surface area is 190 Å². The second-order valence-electron chi connectivity index (χ2n) is 7.72. The molecule has 0 aromatic heterocycles. The lowest BCUT2D eigenvalue weighted by molar-refractivity contribution is -0.180. The molecular weight excluding hydrogens is 440 g/mol. The van der Waals surface area contributed by atoms with Crippen molar-refractivity contribution in [3.8, 4) is 0 Å². The molecule has 1 aromatic carbocycles. The molecule has 12 heteroatoms. The van der Waals surface area contributed by atoms with Crippen molar-refractivity contribution in [3.05, 3.63) is 24.0 Å². The molecule has 2 fully saturated rings. The molecule has 2 N–H and O–H groups in total. The van der Waals surface area contributed by atoms with Gasteiger partial charge in [-0.2, -0.15) is 0 Å². The highest BCUT2D eigenvalue weighted by Crippen LogP contribution is 2.28. The molecule has 2 heterocycles. The van der Waals surface area contributed by atoms with Crippen LogP contribution in [-0.4, -0.2) is 88.2 Å². The minimum Gasteiger partial charge on any atom is -0.442 e. The van der Waals surface area contributed by atoms with Crippen LogP contribution in [0.4, 0.5) is 25.0 Å². The summed E-state index contributed by atoms with van der Waals surface area (Å²) in [5.74, 6) is -1.01. The van der Waals surface area contributed by atoms with Crippen LogP contribution >= 0.6 is 0 Å². The largest absolute Gasteiger partial charge is 0.442 e. The van der Waals surface area contributed by atoms with Crippen molar-refractivity contribution in [2.24, 2.45) is 0 Å². The van der Waals surface area contributed by atoms with Gasteiger partial charge in [0.15, 0.2) is 0 Å². The zero-order chi connectivity index (χ0) is 23.8. The monoisotopic (exact) mass is 469 g/mol. The summed E-state index contributed by atoms with van der Waals surface area (Å²) < 4.78 is 32.3. The number of carbonyl (C=O) groups is 3. The van der Waals surface area contributed by atoms with Crippen molar-refractivity contribution in [3.63, 3.8) is 0 Å². The fourth-order valence-corrected chi connectivity index (χ4v) is 3.58. The summed E-state index contributed by atoms with van der Waals surface area (Å²) in [6.45, 7) is 2.93. The number of cyclic esters (lactones) is 1. The van der Waals surface area contributed by atoms with E-state index in [1.165, 1.54) is 23.0 Å². The predicted molar refractivity (Wildman–Crippen MR) is 116 cm³/mol. The fraction of sp³-hybridized carbons (Fsp3) is 0.571. The third-order valence-corrected chi connectivity index (χ3v) is 5.26. The van der Waals surface area contributed by atoms with Crippen LogP contribution in [0.5, 0.6) is 0 Å². The highest BCUT2D eigenvalue weighted by Gasteiger charge is 2.33. The van der Waals surface area contributed by atoms with Crippen LogP contribution in [0, 0.1) is 5.82 Å². The third-order valence-electron chi connectivity index (χ3n) is 5.26. The quantitative estimate of drug-likeness (QED) is 0.516. The Morgan fingerprint density at radius 3 is 2.79 bits per heavy atom. The van der Waals surface area contributed by atoms with E-state index in [9.17, 15) is 23.2 Å². The number of hydrogen-bond acceptors (Lipinski definition) is 7. The summed E-state index contributed by atoms with van der Waals surface area (Å²) in [6.07, 6.45) is -0.778. The summed E-state index contributed by atoms with van der Waals surface area (Å²) >= 11 is 0. The summed E-state index contributed by atoms with van der Waals surface area (Å²) in [5.41, 5.74) is 0.689. The van der Waals surface area contributed by atoms with E-state index in [1.54, 1.807) is 17.0 Å². The highest BCUT2D eigenvalue weighted by molar-refractivity contribution is 5.90. The minimum absolute atomic E-state index is 0.0396. The van der Waals surface area contributed by atoms with E-state index < -0.39 is 24.7 Å². The van der Waals surface area contributed by atoms with Gasteiger partial charge < -0.3 is 20.3 Å². The highest BCUT2D eigenvalue weighted by atomic mass is 19.1. The van der Waals surface area contributed by atoms with E-state index in [-0.39, 0.29) is 44.6 Å². The molecule has 2 aliphatic heterocycles. The SMILES string of the molecule is CC(=O)NC[C@H]1CN(c2ccc(N3CCON(C(=O)CNCCCF)CC3)c(F)c2)C(=O)O1. The zero-order valence-corrected chi connectivity index (χ0v) is 18.5. The number of carbonyl (C=O) groups excluding carboxylic acids is 3. The Morgan fingerprint density at radius 2 is 2.06 bits per heavy atom. The first-order valence-electron chi connectivity index (χ1n) is 10.9. The van der Waals surface area contributed by atoms with Crippen LogP contribution in [0.3, 0.4) is 0 Å². The molecule has 3 rings (SSSR count). The maximum absolute atomic E-state index is 15.0. The number of halogens is 2. The summed E-state index contributed by atoms with van der Waals surface area (Å²) in [7, 11) is 0. The Hall–Kier alpha value is -2.99. The molecule has 0 aliphatic carbocycles. The number of hydrogen-bond donors (Lipinski definition) is 2. The first-order chi connectivity index (χ1) is 15.9. The number of ether oxygens (including phenoxy) is 1. The average molecular weight is 469 g/mol. The van der Waals surface area contributed by atoms with Gasteiger partial charge in [-0.15, -0.1) is 0 Å². The molecule has 3 amide bonds. The van der Waals surface area contributed by atoms with Crippen molar-refractivity contribution in [1.29, 1.82) is 0 Å². The number of benzene rings is 1. The van der Waals surface area contributed by atoms with Crippen LogP contribution in [-0.2, 0) is 19.2 Å². The first-order valence-corrected chi connectivity index (χ1v) is 10.9. The molecule has 182 valence electrons. The van der Waals surface area contributed by atoms with Crippen molar-refractivity contribution >= 4 is 29.3 Å². The Kier molecular flexibility index (Phi) is 8.78. The summed E-state index contributed by atoms with van der Waals surface area (Å²) in [4.78, 5) is 44.0. The second kappa shape index (κ2) is 11.8. The molecule has 0 unspecified atom stereocenters. The summed E-state index contributed by atoms with van der Waals surface area (Å²) in [5, 5.41) is 6.70. The summed E-state index contributed by atoms with van der Waals surface area (Å²) in [6, 6.07) is 4.47. The second-order valence-corrected chi connectivity index (χ2v) is 7.72. The number of anilines is 2. The van der Waals surface area contributed by atoms with E-state index in [1.807, 2.05) is 0 Å².